The molecule has 1 aromatic carbocycles. The zero-order chi connectivity index (χ0) is 16.4. The van der Waals surface area contributed by atoms with Crippen molar-refractivity contribution in [3.8, 4) is 0 Å². The average Bonchev–Trinajstić information content (AvgIpc) is 3.24. The van der Waals surface area contributed by atoms with Gasteiger partial charge in [-0.25, -0.2) is 9.78 Å². The zero-order valence-electron chi connectivity index (χ0n) is 13.5. The number of aliphatic hydroxyl groups excluding tert-OH is 1. The maximum Gasteiger partial charge on any atom is 0.319 e. The van der Waals surface area contributed by atoms with Crippen molar-refractivity contribution in [2.75, 3.05) is 11.9 Å². The number of carbonyl (C=O) groups excluding carboxylic acids is 1. The van der Waals surface area contributed by atoms with Gasteiger partial charge in [-0.05, 0) is 44.2 Å². The number of rotatable bonds is 6. The van der Waals surface area contributed by atoms with Gasteiger partial charge < -0.3 is 20.2 Å². The van der Waals surface area contributed by atoms with Gasteiger partial charge in [-0.3, -0.25) is 0 Å². The number of nitrogens with one attached hydrogen (secondary N) is 2. The number of aliphatic hydroxyl groups is 1. The lowest BCUT2D eigenvalue weighted by molar-refractivity contribution is 0.163. The van der Waals surface area contributed by atoms with Gasteiger partial charge in [-0.1, -0.05) is 6.92 Å². The number of benzene rings is 1. The summed E-state index contributed by atoms with van der Waals surface area (Å²) < 4.78 is 5.75. The molecule has 1 heterocycles. The number of oxazole rings is 1. The SMILES string of the molecule is CC(O)CC(C)CNC(=O)Nc1ccc2nc(C3CC3)oc2c1. The first-order chi connectivity index (χ1) is 11.0. The Balaban J connectivity index is 1.56. The average molecular weight is 317 g/mol. The molecule has 1 aliphatic rings. The van der Waals surface area contributed by atoms with Gasteiger partial charge in [0.2, 0.25) is 0 Å². The highest BCUT2D eigenvalue weighted by molar-refractivity contribution is 5.91. The van der Waals surface area contributed by atoms with Crippen LogP contribution in [0.15, 0.2) is 22.6 Å². The predicted octanol–water partition coefficient (Wildman–Crippen LogP) is 3.23. The lowest BCUT2D eigenvalue weighted by Gasteiger charge is -2.14. The minimum absolute atomic E-state index is 0.221. The Bertz CT molecular complexity index is 691. The fourth-order valence-electron chi connectivity index (χ4n) is 2.63. The van der Waals surface area contributed by atoms with E-state index in [0.29, 0.717) is 30.2 Å². The third kappa shape index (κ3) is 4.22. The first-order valence-electron chi connectivity index (χ1n) is 8.14. The molecule has 0 radical (unpaired) electrons. The normalized spacial score (nSPS) is 17.0. The second kappa shape index (κ2) is 6.58. The monoisotopic (exact) mass is 317 g/mol. The van der Waals surface area contributed by atoms with Gasteiger partial charge in [0, 0.05) is 24.2 Å². The summed E-state index contributed by atoms with van der Waals surface area (Å²) in [5.74, 6) is 1.49. The van der Waals surface area contributed by atoms with Crippen molar-refractivity contribution >= 4 is 22.8 Å². The minimum atomic E-state index is -0.357. The Hall–Kier alpha value is -2.08. The van der Waals surface area contributed by atoms with Crippen LogP contribution in [0.3, 0.4) is 0 Å². The van der Waals surface area contributed by atoms with Crippen LogP contribution in [0.5, 0.6) is 0 Å². The highest BCUT2D eigenvalue weighted by atomic mass is 16.3. The van der Waals surface area contributed by atoms with Crippen molar-refractivity contribution in [2.24, 2.45) is 5.92 Å². The molecular formula is C17H23N3O3. The molecule has 2 atom stereocenters. The van der Waals surface area contributed by atoms with Crippen LogP contribution < -0.4 is 10.6 Å². The first kappa shape index (κ1) is 15.8. The molecule has 6 nitrogen and oxygen atoms in total. The quantitative estimate of drug-likeness (QED) is 0.763. The van der Waals surface area contributed by atoms with Crippen molar-refractivity contribution in [2.45, 2.75) is 45.1 Å². The van der Waals surface area contributed by atoms with Gasteiger partial charge in [0.05, 0.1) is 6.10 Å². The molecule has 0 bridgehead atoms. The fraction of sp³-hybridized carbons (Fsp3) is 0.529. The van der Waals surface area contributed by atoms with Gasteiger partial charge >= 0.3 is 6.03 Å². The first-order valence-corrected chi connectivity index (χ1v) is 8.14. The topological polar surface area (TPSA) is 87.4 Å². The number of carbonyl (C=O) groups is 1. The third-order valence-corrected chi connectivity index (χ3v) is 3.94. The Labute approximate surface area is 135 Å². The summed E-state index contributed by atoms with van der Waals surface area (Å²) in [6, 6.07) is 5.22. The number of urea groups is 1. The van der Waals surface area contributed by atoms with Crippen LogP contribution >= 0.6 is 0 Å². The highest BCUT2D eigenvalue weighted by Gasteiger charge is 2.28. The molecule has 0 aliphatic heterocycles. The largest absolute Gasteiger partial charge is 0.440 e. The predicted molar refractivity (Wildman–Crippen MR) is 88.5 cm³/mol. The third-order valence-electron chi connectivity index (χ3n) is 3.94. The van der Waals surface area contributed by atoms with Gasteiger partial charge in [0.25, 0.3) is 0 Å². The van der Waals surface area contributed by atoms with E-state index in [4.69, 9.17) is 4.42 Å². The lowest BCUT2D eigenvalue weighted by Crippen LogP contribution is -2.33. The van der Waals surface area contributed by atoms with Crippen molar-refractivity contribution in [1.29, 1.82) is 0 Å². The second-order valence-corrected chi connectivity index (χ2v) is 6.53. The van der Waals surface area contributed by atoms with Crippen molar-refractivity contribution in [3.05, 3.63) is 24.1 Å². The Kier molecular flexibility index (Phi) is 4.52. The van der Waals surface area contributed by atoms with E-state index in [2.05, 4.69) is 15.6 Å². The summed E-state index contributed by atoms with van der Waals surface area (Å²) >= 11 is 0. The number of amides is 2. The molecule has 1 fully saturated rings. The lowest BCUT2D eigenvalue weighted by atomic mass is 10.1. The van der Waals surface area contributed by atoms with Crippen LogP contribution in [0.1, 0.15) is 44.9 Å². The van der Waals surface area contributed by atoms with E-state index in [0.717, 1.165) is 24.2 Å². The van der Waals surface area contributed by atoms with Gasteiger partial charge in [-0.2, -0.15) is 0 Å². The number of fused-ring (bicyclic) bond motifs is 1. The second-order valence-electron chi connectivity index (χ2n) is 6.53. The molecule has 3 N–H and O–H groups in total. The number of hydrogen-bond donors (Lipinski definition) is 3. The van der Waals surface area contributed by atoms with E-state index >= 15 is 0 Å². The fourth-order valence-corrected chi connectivity index (χ4v) is 2.63. The van der Waals surface area contributed by atoms with E-state index in [1.165, 1.54) is 0 Å². The maximum atomic E-state index is 11.9. The minimum Gasteiger partial charge on any atom is -0.440 e. The van der Waals surface area contributed by atoms with Crippen LogP contribution in [-0.4, -0.2) is 28.8 Å². The number of hydrogen-bond acceptors (Lipinski definition) is 4. The molecular weight excluding hydrogens is 294 g/mol. The molecule has 2 amide bonds. The van der Waals surface area contributed by atoms with E-state index in [-0.39, 0.29) is 18.1 Å². The number of aromatic nitrogens is 1. The smallest absolute Gasteiger partial charge is 0.319 e. The van der Waals surface area contributed by atoms with E-state index in [9.17, 15) is 9.90 Å². The summed E-state index contributed by atoms with van der Waals surface area (Å²) in [5, 5.41) is 14.9. The molecule has 6 heteroatoms. The van der Waals surface area contributed by atoms with Crippen molar-refractivity contribution < 1.29 is 14.3 Å². The molecule has 2 aromatic rings. The Morgan fingerprint density at radius 1 is 1.43 bits per heavy atom. The number of anilines is 1. The molecule has 0 saturated heterocycles. The van der Waals surface area contributed by atoms with E-state index < -0.39 is 0 Å². The summed E-state index contributed by atoms with van der Waals surface area (Å²) in [5.41, 5.74) is 2.20. The van der Waals surface area contributed by atoms with E-state index in [1.807, 2.05) is 19.1 Å². The Morgan fingerprint density at radius 2 is 2.22 bits per heavy atom. The maximum absolute atomic E-state index is 11.9. The molecule has 3 rings (SSSR count). The molecule has 1 saturated carbocycles. The molecule has 124 valence electrons. The summed E-state index contributed by atoms with van der Waals surface area (Å²) in [6.07, 6.45) is 2.59. The van der Waals surface area contributed by atoms with Gasteiger partial charge in [0.15, 0.2) is 11.5 Å². The van der Waals surface area contributed by atoms with Crippen LogP contribution in [0.25, 0.3) is 11.1 Å². The standard InChI is InChI=1S/C17H23N3O3/c1-10(7-11(2)21)9-18-17(22)19-13-5-6-14-15(8-13)23-16(20-14)12-3-4-12/h5-6,8,10-12,21H,3-4,7,9H2,1-2H3,(H2,18,19,22). The van der Waals surface area contributed by atoms with Crippen molar-refractivity contribution in [3.63, 3.8) is 0 Å². The molecule has 1 aliphatic carbocycles. The molecule has 0 spiro atoms. The van der Waals surface area contributed by atoms with E-state index in [1.54, 1.807) is 13.0 Å². The summed E-state index contributed by atoms with van der Waals surface area (Å²) in [4.78, 5) is 16.4. The number of nitrogens with zero attached hydrogens (tertiary/aromatic N) is 1. The summed E-state index contributed by atoms with van der Waals surface area (Å²) in [6.45, 7) is 4.26. The molecule has 23 heavy (non-hydrogen) atoms. The van der Waals surface area contributed by atoms with Crippen LogP contribution in [0, 0.1) is 5.92 Å². The highest BCUT2D eigenvalue weighted by Crippen LogP contribution is 2.40. The Morgan fingerprint density at radius 3 is 2.91 bits per heavy atom. The summed E-state index contributed by atoms with van der Waals surface area (Å²) in [7, 11) is 0. The van der Waals surface area contributed by atoms with Gasteiger partial charge in [0.1, 0.15) is 5.52 Å². The molecule has 1 aromatic heterocycles. The zero-order valence-corrected chi connectivity index (χ0v) is 13.5. The van der Waals surface area contributed by atoms with Gasteiger partial charge in [-0.15, -0.1) is 0 Å². The van der Waals surface area contributed by atoms with Crippen molar-refractivity contribution in [1.82, 2.24) is 10.3 Å². The van der Waals surface area contributed by atoms with Crippen LogP contribution in [0.4, 0.5) is 10.5 Å². The van der Waals surface area contributed by atoms with Crippen LogP contribution in [-0.2, 0) is 0 Å². The van der Waals surface area contributed by atoms with Crippen LogP contribution in [0.2, 0.25) is 0 Å². The molecule has 2 unspecified atom stereocenters.